The maximum absolute atomic E-state index is 10.7. The Hall–Kier alpha value is -0.410. The van der Waals surface area contributed by atoms with Crippen molar-refractivity contribution in [3.05, 3.63) is 0 Å². The first-order valence-corrected chi connectivity index (χ1v) is 4.55. The summed E-state index contributed by atoms with van der Waals surface area (Å²) < 4.78 is 0. The standard InChI is InChI=1S/C9H17NO2/c1-6(11)9(12)8(10)5-7-3-2-4-7/h7-9,12H,2-5,10H2,1H3. The molecular formula is C9H17NO2. The van der Waals surface area contributed by atoms with E-state index in [2.05, 4.69) is 0 Å². The third kappa shape index (κ3) is 2.29. The van der Waals surface area contributed by atoms with Gasteiger partial charge in [-0.15, -0.1) is 0 Å². The number of hydrogen-bond acceptors (Lipinski definition) is 3. The summed E-state index contributed by atoms with van der Waals surface area (Å²) in [6.07, 6.45) is 3.52. The zero-order chi connectivity index (χ0) is 9.14. The van der Waals surface area contributed by atoms with Crippen molar-refractivity contribution in [2.24, 2.45) is 11.7 Å². The molecule has 1 fully saturated rings. The highest BCUT2D eigenvalue weighted by Crippen LogP contribution is 2.30. The molecule has 0 aromatic rings. The van der Waals surface area contributed by atoms with E-state index in [1.807, 2.05) is 0 Å². The van der Waals surface area contributed by atoms with Gasteiger partial charge in [0.25, 0.3) is 0 Å². The van der Waals surface area contributed by atoms with Crippen LogP contribution in [-0.4, -0.2) is 23.0 Å². The summed E-state index contributed by atoms with van der Waals surface area (Å²) in [4.78, 5) is 10.7. The average Bonchev–Trinajstić information content (AvgIpc) is 1.94. The first kappa shape index (κ1) is 9.68. The fraction of sp³-hybridized carbons (Fsp3) is 0.889. The van der Waals surface area contributed by atoms with Gasteiger partial charge in [0, 0.05) is 6.04 Å². The number of carbonyl (C=O) groups is 1. The maximum Gasteiger partial charge on any atom is 0.159 e. The van der Waals surface area contributed by atoms with Crippen LogP contribution in [0.2, 0.25) is 0 Å². The second kappa shape index (κ2) is 4.01. The molecule has 0 radical (unpaired) electrons. The van der Waals surface area contributed by atoms with E-state index in [1.165, 1.54) is 26.2 Å². The zero-order valence-corrected chi connectivity index (χ0v) is 7.49. The van der Waals surface area contributed by atoms with Gasteiger partial charge in [-0.25, -0.2) is 0 Å². The van der Waals surface area contributed by atoms with Gasteiger partial charge in [0.1, 0.15) is 6.10 Å². The molecule has 0 aromatic heterocycles. The quantitative estimate of drug-likeness (QED) is 0.645. The molecule has 0 bridgehead atoms. The lowest BCUT2D eigenvalue weighted by molar-refractivity contribution is -0.126. The topological polar surface area (TPSA) is 63.3 Å². The van der Waals surface area contributed by atoms with E-state index in [0.29, 0.717) is 5.92 Å². The van der Waals surface area contributed by atoms with Gasteiger partial charge in [0.2, 0.25) is 0 Å². The number of hydrogen-bond donors (Lipinski definition) is 2. The molecule has 1 rings (SSSR count). The minimum atomic E-state index is -0.953. The molecular weight excluding hydrogens is 154 g/mol. The summed E-state index contributed by atoms with van der Waals surface area (Å²) in [5.74, 6) is 0.427. The Morgan fingerprint density at radius 3 is 2.58 bits per heavy atom. The highest BCUT2D eigenvalue weighted by molar-refractivity contribution is 5.80. The van der Waals surface area contributed by atoms with Crippen molar-refractivity contribution in [2.45, 2.75) is 44.8 Å². The molecule has 0 saturated heterocycles. The average molecular weight is 171 g/mol. The summed E-state index contributed by atoms with van der Waals surface area (Å²) in [6, 6.07) is -0.354. The molecule has 0 aromatic carbocycles. The molecule has 70 valence electrons. The molecule has 0 spiro atoms. The molecule has 3 N–H and O–H groups in total. The van der Waals surface area contributed by atoms with E-state index in [1.54, 1.807) is 0 Å². The lowest BCUT2D eigenvalue weighted by atomic mass is 9.80. The van der Waals surface area contributed by atoms with Crippen LogP contribution >= 0.6 is 0 Å². The smallest absolute Gasteiger partial charge is 0.159 e. The monoisotopic (exact) mass is 171 g/mol. The molecule has 2 unspecified atom stereocenters. The summed E-state index contributed by atoms with van der Waals surface area (Å²) in [5.41, 5.74) is 5.66. The predicted molar refractivity (Wildman–Crippen MR) is 46.6 cm³/mol. The van der Waals surface area contributed by atoms with Crippen molar-refractivity contribution in [3.8, 4) is 0 Å². The minimum absolute atomic E-state index is 0.221. The van der Waals surface area contributed by atoms with Crippen LogP contribution < -0.4 is 5.73 Å². The van der Waals surface area contributed by atoms with Crippen molar-refractivity contribution < 1.29 is 9.90 Å². The largest absolute Gasteiger partial charge is 0.384 e. The second-order valence-corrected chi connectivity index (χ2v) is 3.75. The molecule has 0 amide bonds. The van der Waals surface area contributed by atoms with Crippen LogP contribution in [0.4, 0.5) is 0 Å². The van der Waals surface area contributed by atoms with Crippen LogP contribution in [0.25, 0.3) is 0 Å². The number of carbonyl (C=O) groups excluding carboxylic acids is 1. The molecule has 1 aliphatic rings. The van der Waals surface area contributed by atoms with E-state index in [0.717, 1.165) is 6.42 Å². The van der Waals surface area contributed by atoms with Crippen LogP contribution in [0.3, 0.4) is 0 Å². The number of rotatable bonds is 4. The van der Waals surface area contributed by atoms with E-state index >= 15 is 0 Å². The normalized spacial score (nSPS) is 22.9. The fourth-order valence-electron chi connectivity index (χ4n) is 1.54. The second-order valence-electron chi connectivity index (χ2n) is 3.75. The van der Waals surface area contributed by atoms with Crippen molar-refractivity contribution in [2.75, 3.05) is 0 Å². The minimum Gasteiger partial charge on any atom is -0.384 e. The van der Waals surface area contributed by atoms with Crippen molar-refractivity contribution in [1.29, 1.82) is 0 Å². The van der Waals surface area contributed by atoms with Gasteiger partial charge in [0.15, 0.2) is 5.78 Å². The highest BCUT2D eigenvalue weighted by Gasteiger charge is 2.25. The third-order valence-corrected chi connectivity index (χ3v) is 2.65. The number of nitrogens with two attached hydrogens (primary N) is 1. The maximum atomic E-state index is 10.7. The molecule has 2 atom stereocenters. The van der Waals surface area contributed by atoms with Gasteiger partial charge in [-0.3, -0.25) is 4.79 Å². The van der Waals surface area contributed by atoms with Crippen LogP contribution in [0.1, 0.15) is 32.6 Å². The lowest BCUT2D eigenvalue weighted by Crippen LogP contribution is -2.41. The summed E-state index contributed by atoms with van der Waals surface area (Å²) in [7, 11) is 0. The number of aliphatic hydroxyl groups is 1. The Morgan fingerprint density at radius 1 is 1.67 bits per heavy atom. The summed E-state index contributed by atoms with van der Waals surface area (Å²) in [5, 5.41) is 9.29. The molecule has 3 nitrogen and oxygen atoms in total. The molecule has 3 heteroatoms. The van der Waals surface area contributed by atoms with Crippen molar-refractivity contribution >= 4 is 5.78 Å². The predicted octanol–water partition coefficient (Wildman–Crippen LogP) is 0.454. The fourth-order valence-corrected chi connectivity index (χ4v) is 1.54. The number of aliphatic hydroxyl groups excluding tert-OH is 1. The summed E-state index contributed by atoms with van der Waals surface area (Å²) >= 11 is 0. The first-order chi connectivity index (χ1) is 5.61. The van der Waals surface area contributed by atoms with Crippen molar-refractivity contribution in [1.82, 2.24) is 0 Å². The third-order valence-electron chi connectivity index (χ3n) is 2.65. The molecule has 0 heterocycles. The Balaban J connectivity index is 2.25. The van der Waals surface area contributed by atoms with Gasteiger partial charge in [-0.1, -0.05) is 19.3 Å². The molecule has 12 heavy (non-hydrogen) atoms. The van der Waals surface area contributed by atoms with Gasteiger partial charge >= 0.3 is 0 Å². The lowest BCUT2D eigenvalue weighted by Gasteiger charge is -2.29. The molecule has 0 aliphatic heterocycles. The van der Waals surface area contributed by atoms with Crippen molar-refractivity contribution in [3.63, 3.8) is 0 Å². The van der Waals surface area contributed by atoms with E-state index in [4.69, 9.17) is 5.73 Å². The molecule has 1 aliphatic carbocycles. The van der Waals surface area contributed by atoms with Gasteiger partial charge in [0.05, 0.1) is 0 Å². The Kier molecular flexibility index (Phi) is 3.23. The van der Waals surface area contributed by atoms with Crippen LogP contribution in [0, 0.1) is 5.92 Å². The van der Waals surface area contributed by atoms with E-state index in [9.17, 15) is 9.90 Å². The van der Waals surface area contributed by atoms with Gasteiger partial charge < -0.3 is 10.8 Å². The molecule has 1 saturated carbocycles. The van der Waals surface area contributed by atoms with Gasteiger partial charge in [-0.05, 0) is 19.3 Å². The first-order valence-electron chi connectivity index (χ1n) is 4.55. The van der Waals surface area contributed by atoms with Crippen LogP contribution in [-0.2, 0) is 4.79 Å². The van der Waals surface area contributed by atoms with Crippen LogP contribution in [0.5, 0.6) is 0 Å². The SMILES string of the molecule is CC(=O)C(O)C(N)CC1CCC1. The Labute approximate surface area is 72.9 Å². The Bertz CT molecular complexity index is 166. The zero-order valence-electron chi connectivity index (χ0n) is 7.49. The Morgan fingerprint density at radius 2 is 2.25 bits per heavy atom. The van der Waals surface area contributed by atoms with Crippen LogP contribution in [0.15, 0.2) is 0 Å². The summed E-state index contributed by atoms with van der Waals surface area (Å²) in [6.45, 7) is 1.38. The highest BCUT2D eigenvalue weighted by atomic mass is 16.3. The van der Waals surface area contributed by atoms with Gasteiger partial charge in [-0.2, -0.15) is 0 Å². The van der Waals surface area contributed by atoms with E-state index in [-0.39, 0.29) is 11.8 Å². The number of ketones is 1. The number of Topliss-reactive ketones (excluding diaryl/α,β-unsaturated/α-hetero) is 1. The van der Waals surface area contributed by atoms with E-state index < -0.39 is 6.10 Å².